The Bertz CT molecular complexity index is 1270. The lowest BCUT2D eigenvalue weighted by Crippen LogP contribution is -2.35. The maximum absolute atomic E-state index is 12.7. The number of nitrogens with one attached hydrogen (secondary N) is 2. The summed E-state index contributed by atoms with van der Waals surface area (Å²) in [5.41, 5.74) is 4.69. The molecule has 7 heteroatoms. The van der Waals surface area contributed by atoms with Crippen LogP contribution in [0.25, 0.3) is 27.9 Å². The van der Waals surface area contributed by atoms with E-state index in [1.165, 1.54) is 0 Å². The number of imidazole rings is 1. The molecule has 1 fully saturated rings. The molecule has 0 amide bonds. The van der Waals surface area contributed by atoms with Crippen LogP contribution in [0.15, 0.2) is 45.9 Å². The zero-order chi connectivity index (χ0) is 20.0. The van der Waals surface area contributed by atoms with Crippen LogP contribution in [0.2, 0.25) is 0 Å². The number of aryl methyl sites for hydroxylation is 2. The van der Waals surface area contributed by atoms with Crippen molar-refractivity contribution in [2.24, 2.45) is 0 Å². The fourth-order valence-corrected chi connectivity index (χ4v) is 4.02. The second-order valence-corrected chi connectivity index (χ2v) is 7.69. The number of hydrogen-bond donors (Lipinski definition) is 2. The van der Waals surface area contributed by atoms with Gasteiger partial charge in [0, 0.05) is 35.6 Å². The molecular weight excluding hydrogens is 366 g/mol. The Kier molecular flexibility index (Phi) is 4.32. The number of nitrogens with zero attached hydrogens (tertiary/aromatic N) is 3. The van der Waals surface area contributed by atoms with E-state index in [9.17, 15) is 4.79 Å². The second kappa shape index (κ2) is 7.00. The Morgan fingerprint density at radius 2 is 1.97 bits per heavy atom. The van der Waals surface area contributed by atoms with E-state index in [1.807, 2.05) is 54.9 Å². The highest BCUT2D eigenvalue weighted by molar-refractivity contribution is 5.84. The molecule has 0 atom stereocenters. The van der Waals surface area contributed by atoms with Gasteiger partial charge >= 0.3 is 5.63 Å². The molecule has 7 nitrogen and oxygen atoms in total. The smallest absolute Gasteiger partial charge is 0.345 e. The molecule has 3 aromatic heterocycles. The third-order valence-electron chi connectivity index (χ3n) is 5.45. The second-order valence-electron chi connectivity index (χ2n) is 7.69. The Balaban J connectivity index is 1.52. The van der Waals surface area contributed by atoms with Gasteiger partial charge < -0.3 is 19.5 Å². The van der Waals surface area contributed by atoms with Crippen LogP contribution in [0.4, 0.5) is 5.69 Å². The van der Waals surface area contributed by atoms with Crippen LogP contribution in [0.5, 0.6) is 0 Å². The highest BCUT2D eigenvalue weighted by atomic mass is 16.4. The summed E-state index contributed by atoms with van der Waals surface area (Å²) in [7, 11) is 0. The predicted molar refractivity (Wildman–Crippen MR) is 113 cm³/mol. The standard InChI is InChI=1S/C22H23N5O2/c1-13-11-27-12-19(26-21(27)14(2)24-13)18-9-15-3-4-17(10-20(15)29-22(18)28)25-16-5-7-23-8-6-16/h3-4,9-12,16,23,25H,5-8H2,1-2H3. The van der Waals surface area contributed by atoms with Gasteiger partial charge in [-0.25, -0.2) is 9.78 Å². The molecule has 2 N–H and O–H groups in total. The van der Waals surface area contributed by atoms with Crippen molar-refractivity contribution in [1.82, 2.24) is 19.7 Å². The van der Waals surface area contributed by atoms with Crippen molar-refractivity contribution in [1.29, 1.82) is 0 Å². The van der Waals surface area contributed by atoms with E-state index >= 15 is 0 Å². The minimum atomic E-state index is -0.387. The summed E-state index contributed by atoms with van der Waals surface area (Å²) in [5, 5.41) is 7.78. The van der Waals surface area contributed by atoms with E-state index in [1.54, 1.807) is 0 Å². The average Bonchev–Trinajstić information content (AvgIpc) is 3.12. The molecule has 148 valence electrons. The monoisotopic (exact) mass is 389 g/mol. The molecule has 1 aliphatic rings. The first-order valence-corrected chi connectivity index (χ1v) is 9.95. The van der Waals surface area contributed by atoms with Crippen molar-refractivity contribution in [3.05, 3.63) is 58.5 Å². The molecule has 1 saturated heterocycles. The fraction of sp³-hybridized carbons (Fsp3) is 0.318. The summed E-state index contributed by atoms with van der Waals surface area (Å²) in [4.78, 5) is 21.8. The highest BCUT2D eigenvalue weighted by Gasteiger charge is 2.15. The van der Waals surface area contributed by atoms with Gasteiger partial charge in [-0.15, -0.1) is 0 Å². The van der Waals surface area contributed by atoms with E-state index in [2.05, 4.69) is 20.6 Å². The molecule has 4 heterocycles. The Hall–Kier alpha value is -3.19. The zero-order valence-electron chi connectivity index (χ0n) is 16.5. The molecule has 4 aromatic rings. The number of benzene rings is 1. The van der Waals surface area contributed by atoms with E-state index < -0.39 is 0 Å². The summed E-state index contributed by atoms with van der Waals surface area (Å²) in [5.74, 6) is 0. The minimum Gasteiger partial charge on any atom is -0.422 e. The van der Waals surface area contributed by atoms with Gasteiger partial charge in [0.25, 0.3) is 0 Å². The van der Waals surface area contributed by atoms with E-state index in [-0.39, 0.29) is 5.63 Å². The van der Waals surface area contributed by atoms with Crippen LogP contribution in [0.1, 0.15) is 24.2 Å². The van der Waals surface area contributed by atoms with E-state index in [4.69, 9.17) is 4.42 Å². The number of rotatable bonds is 3. The fourth-order valence-electron chi connectivity index (χ4n) is 4.02. The Labute approximate surface area is 167 Å². The largest absolute Gasteiger partial charge is 0.422 e. The number of aromatic nitrogens is 3. The quantitative estimate of drug-likeness (QED) is 0.523. The van der Waals surface area contributed by atoms with Crippen LogP contribution in [-0.4, -0.2) is 33.5 Å². The Morgan fingerprint density at radius 1 is 1.14 bits per heavy atom. The molecule has 0 unspecified atom stereocenters. The highest BCUT2D eigenvalue weighted by Crippen LogP contribution is 2.25. The maximum Gasteiger partial charge on any atom is 0.345 e. The van der Waals surface area contributed by atoms with Crippen molar-refractivity contribution in [3.8, 4) is 11.3 Å². The first-order valence-electron chi connectivity index (χ1n) is 9.95. The summed E-state index contributed by atoms with van der Waals surface area (Å²) in [6.45, 7) is 5.90. The molecule has 0 saturated carbocycles. The van der Waals surface area contributed by atoms with Crippen LogP contribution in [0.3, 0.4) is 0 Å². The van der Waals surface area contributed by atoms with Gasteiger partial charge in [0.1, 0.15) is 5.58 Å². The number of hydrogen-bond acceptors (Lipinski definition) is 6. The van der Waals surface area contributed by atoms with Crippen molar-refractivity contribution in [2.75, 3.05) is 18.4 Å². The van der Waals surface area contributed by atoms with Crippen molar-refractivity contribution >= 4 is 22.3 Å². The molecule has 0 aliphatic carbocycles. The summed E-state index contributed by atoms with van der Waals surface area (Å²) in [6, 6.07) is 8.22. The third-order valence-corrected chi connectivity index (χ3v) is 5.45. The number of fused-ring (bicyclic) bond motifs is 2. The maximum atomic E-state index is 12.7. The van der Waals surface area contributed by atoms with Gasteiger partial charge in [0.2, 0.25) is 0 Å². The van der Waals surface area contributed by atoms with Gasteiger partial charge in [-0.3, -0.25) is 4.98 Å². The lowest BCUT2D eigenvalue weighted by atomic mass is 10.1. The van der Waals surface area contributed by atoms with Gasteiger partial charge in [-0.1, -0.05) is 0 Å². The first-order chi connectivity index (χ1) is 14.1. The van der Waals surface area contributed by atoms with Crippen molar-refractivity contribution in [3.63, 3.8) is 0 Å². The zero-order valence-corrected chi connectivity index (χ0v) is 16.5. The van der Waals surface area contributed by atoms with Gasteiger partial charge in [0.15, 0.2) is 5.65 Å². The molecule has 1 aliphatic heterocycles. The summed E-state index contributed by atoms with van der Waals surface area (Å²) < 4.78 is 7.56. The van der Waals surface area contributed by atoms with Crippen LogP contribution < -0.4 is 16.3 Å². The van der Waals surface area contributed by atoms with Gasteiger partial charge in [-0.05, 0) is 58.0 Å². The van der Waals surface area contributed by atoms with E-state index in [0.717, 1.165) is 54.0 Å². The molecule has 29 heavy (non-hydrogen) atoms. The average molecular weight is 389 g/mol. The molecule has 0 radical (unpaired) electrons. The van der Waals surface area contributed by atoms with Crippen LogP contribution in [0, 0.1) is 13.8 Å². The van der Waals surface area contributed by atoms with Crippen molar-refractivity contribution < 1.29 is 4.42 Å². The van der Waals surface area contributed by atoms with Crippen molar-refractivity contribution in [2.45, 2.75) is 32.7 Å². The van der Waals surface area contributed by atoms with Crippen LogP contribution in [-0.2, 0) is 0 Å². The summed E-state index contributed by atoms with van der Waals surface area (Å²) in [6.07, 6.45) is 5.92. The number of anilines is 1. The molecule has 0 bridgehead atoms. The predicted octanol–water partition coefficient (Wildman–Crippen LogP) is 3.28. The lowest BCUT2D eigenvalue weighted by Gasteiger charge is -2.24. The van der Waals surface area contributed by atoms with Gasteiger partial charge in [0.05, 0.1) is 22.6 Å². The van der Waals surface area contributed by atoms with E-state index in [0.29, 0.717) is 22.9 Å². The molecular formula is C22H23N5O2. The first kappa shape index (κ1) is 17.9. The topological polar surface area (TPSA) is 84.5 Å². The minimum absolute atomic E-state index is 0.387. The Morgan fingerprint density at radius 3 is 2.79 bits per heavy atom. The molecule has 5 rings (SSSR count). The molecule has 0 spiro atoms. The third kappa shape index (κ3) is 3.38. The summed E-state index contributed by atoms with van der Waals surface area (Å²) >= 11 is 0. The van der Waals surface area contributed by atoms with Gasteiger partial charge in [-0.2, -0.15) is 0 Å². The lowest BCUT2D eigenvalue weighted by molar-refractivity contribution is 0.479. The SMILES string of the molecule is Cc1cn2cc(-c3cc4ccc(NC5CCNCC5)cc4oc3=O)nc2c(C)n1. The molecule has 1 aromatic carbocycles. The number of piperidine rings is 1. The normalized spacial score (nSPS) is 15.2. The van der Waals surface area contributed by atoms with Crippen LogP contribution >= 0.6 is 0 Å².